The molecule has 0 fully saturated rings. The average molecular weight is 358 g/mol. The summed E-state index contributed by atoms with van der Waals surface area (Å²) in [6, 6.07) is 7.72. The fourth-order valence-corrected chi connectivity index (χ4v) is 4.28. The Morgan fingerprint density at radius 2 is 2.17 bits per heavy atom. The van der Waals surface area contributed by atoms with Crippen LogP contribution in [0.4, 0.5) is 0 Å². The summed E-state index contributed by atoms with van der Waals surface area (Å²) in [6.45, 7) is 2.22. The maximum Gasteiger partial charge on any atom is 0.291 e. The van der Waals surface area contributed by atoms with E-state index in [0.29, 0.717) is 17.9 Å². The highest BCUT2D eigenvalue weighted by atomic mass is 32.1. The first-order valence-corrected chi connectivity index (χ1v) is 9.15. The van der Waals surface area contributed by atoms with Crippen LogP contribution in [0.25, 0.3) is 15.7 Å². The SMILES string of the molecule is Cc1nn(CC(=O)NCc2cccs2)c(=O)c2cc3ccsc3n12. The second kappa shape index (κ2) is 5.88. The number of carbonyl (C=O) groups excluding carboxylic acids is 1. The van der Waals surface area contributed by atoms with E-state index in [0.717, 1.165) is 15.1 Å². The molecule has 0 bridgehead atoms. The Hall–Kier alpha value is -2.45. The minimum absolute atomic E-state index is 0.0830. The lowest BCUT2D eigenvalue weighted by molar-refractivity contribution is -0.122. The molecule has 0 atom stereocenters. The number of amides is 1. The van der Waals surface area contributed by atoms with E-state index in [1.807, 2.05) is 46.4 Å². The van der Waals surface area contributed by atoms with E-state index in [2.05, 4.69) is 10.4 Å². The normalized spacial score (nSPS) is 11.4. The number of rotatable bonds is 4. The van der Waals surface area contributed by atoms with Crippen LogP contribution in [0.3, 0.4) is 0 Å². The third-order valence-corrected chi connectivity index (χ3v) is 5.58. The summed E-state index contributed by atoms with van der Waals surface area (Å²) in [7, 11) is 0. The Bertz CT molecular complexity index is 1090. The molecule has 122 valence electrons. The van der Waals surface area contributed by atoms with Crippen molar-refractivity contribution in [2.45, 2.75) is 20.0 Å². The van der Waals surface area contributed by atoms with Gasteiger partial charge in [-0.25, -0.2) is 4.68 Å². The van der Waals surface area contributed by atoms with E-state index in [9.17, 15) is 9.59 Å². The molecule has 0 aliphatic heterocycles. The predicted molar refractivity (Wildman–Crippen MR) is 95.7 cm³/mol. The Labute approximate surface area is 145 Å². The van der Waals surface area contributed by atoms with Crippen molar-refractivity contribution in [3.8, 4) is 0 Å². The van der Waals surface area contributed by atoms with Crippen LogP contribution in [-0.2, 0) is 17.9 Å². The topological polar surface area (TPSA) is 68.4 Å². The van der Waals surface area contributed by atoms with Crippen LogP contribution in [0.15, 0.2) is 39.8 Å². The molecular weight excluding hydrogens is 344 g/mol. The first-order valence-electron chi connectivity index (χ1n) is 7.39. The number of hydrogen-bond donors (Lipinski definition) is 1. The largest absolute Gasteiger partial charge is 0.350 e. The lowest BCUT2D eigenvalue weighted by Crippen LogP contribution is -2.34. The summed E-state index contributed by atoms with van der Waals surface area (Å²) in [5.74, 6) is 0.461. The van der Waals surface area contributed by atoms with Crippen LogP contribution in [0.1, 0.15) is 10.7 Å². The number of nitrogens with one attached hydrogen (secondary N) is 1. The quantitative estimate of drug-likeness (QED) is 0.609. The third kappa shape index (κ3) is 2.53. The van der Waals surface area contributed by atoms with Crippen molar-refractivity contribution in [2.75, 3.05) is 0 Å². The zero-order valence-corrected chi connectivity index (χ0v) is 14.5. The number of carbonyl (C=O) groups is 1. The number of aryl methyl sites for hydroxylation is 1. The molecule has 1 amide bonds. The molecule has 0 aromatic carbocycles. The lowest BCUT2D eigenvalue weighted by Gasteiger charge is -2.08. The number of aromatic nitrogens is 3. The lowest BCUT2D eigenvalue weighted by atomic mass is 10.4. The smallest absolute Gasteiger partial charge is 0.291 e. The van der Waals surface area contributed by atoms with E-state index in [1.54, 1.807) is 22.7 Å². The molecule has 0 aliphatic carbocycles. The summed E-state index contributed by atoms with van der Waals surface area (Å²) in [4.78, 5) is 26.8. The maximum absolute atomic E-state index is 12.6. The van der Waals surface area contributed by atoms with Crippen LogP contribution in [0.5, 0.6) is 0 Å². The van der Waals surface area contributed by atoms with E-state index in [1.165, 1.54) is 4.68 Å². The van der Waals surface area contributed by atoms with Gasteiger partial charge in [0.15, 0.2) is 0 Å². The summed E-state index contributed by atoms with van der Waals surface area (Å²) < 4.78 is 3.08. The summed E-state index contributed by atoms with van der Waals surface area (Å²) >= 11 is 3.15. The molecule has 4 aromatic rings. The standard InChI is InChI=1S/C16H14N4O2S2/c1-10-18-19(9-14(21)17-8-12-3-2-5-23-12)15(22)13-7-11-4-6-24-16(11)20(10)13/h2-7H,8-9H2,1H3,(H,17,21). The van der Waals surface area contributed by atoms with Crippen molar-refractivity contribution in [2.24, 2.45) is 0 Å². The van der Waals surface area contributed by atoms with E-state index >= 15 is 0 Å². The second-order valence-corrected chi connectivity index (χ2v) is 7.34. The van der Waals surface area contributed by atoms with E-state index in [4.69, 9.17) is 0 Å². The second-order valence-electron chi connectivity index (χ2n) is 5.41. The van der Waals surface area contributed by atoms with Gasteiger partial charge in [-0.1, -0.05) is 6.07 Å². The molecule has 24 heavy (non-hydrogen) atoms. The van der Waals surface area contributed by atoms with Crippen molar-refractivity contribution >= 4 is 44.3 Å². The Balaban J connectivity index is 1.63. The zero-order valence-electron chi connectivity index (χ0n) is 12.9. The van der Waals surface area contributed by atoms with Crippen molar-refractivity contribution in [1.29, 1.82) is 0 Å². The van der Waals surface area contributed by atoms with Gasteiger partial charge in [-0.3, -0.25) is 14.0 Å². The number of thiophene rings is 2. The molecule has 1 N–H and O–H groups in total. The van der Waals surface area contributed by atoms with Gasteiger partial charge in [0.1, 0.15) is 22.7 Å². The summed E-state index contributed by atoms with van der Waals surface area (Å²) in [5.41, 5.74) is 0.297. The molecule has 8 heteroatoms. The molecule has 0 spiro atoms. The molecule has 4 rings (SSSR count). The molecule has 0 radical (unpaired) electrons. The van der Waals surface area contributed by atoms with Gasteiger partial charge in [0.05, 0.1) is 6.54 Å². The number of hydrogen-bond acceptors (Lipinski definition) is 5. The maximum atomic E-state index is 12.6. The van der Waals surface area contributed by atoms with Crippen LogP contribution < -0.4 is 10.9 Å². The molecule has 6 nitrogen and oxygen atoms in total. The van der Waals surface area contributed by atoms with Gasteiger partial charge in [0.25, 0.3) is 5.56 Å². The fourth-order valence-electron chi connectivity index (χ4n) is 2.70. The summed E-state index contributed by atoms with van der Waals surface area (Å²) in [6.07, 6.45) is 0. The van der Waals surface area contributed by atoms with Crippen molar-refractivity contribution in [1.82, 2.24) is 19.5 Å². The molecule has 0 saturated heterocycles. The van der Waals surface area contributed by atoms with Gasteiger partial charge in [-0.05, 0) is 35.9 Å². The van der Waals surface area contributed by atoms with Crippen LogP contribution in [0.2, 0.25) is 0 Å². The minimum Gasteiger partial charge on any atom is -0.350 e. The molecule has 0 unspecified atom stereocenters. The highest BCUT2D eigenvalue weighted by Crippen LogP contribution is 2.24. The van der Waals surface area contributed by atoms with Gasteiger partial charge in [0.2, 0.25) is 5.91 Å². The first-order chi connectivity index (χ1) is 11.6. The number of nitrogens with zero attached hydrogens (tertiary/aromatic N) is 3. The molecule has 4 aromatic heterocycles. The van der Waals surface area contributed by atoms with Crippen molar-refractivity contribution in [3.63, 3.8) is 0 Å². The van der Waals surface area contributed by atoms with Gasteiger partial charge >= 0.3 is 0 Å². The van der Waals surface area contributed by atoms with Crippen LogP contribution >= 0.6 is 22.7 Å². The highest BCUT2D eigenvalue weighted by Gasteiger charge is 2.14. The minimum atomic E-state index is -0.254. The van der Waals surface area contributed by atoms with E-state index < -0.39 is 0 Å². The van der Waals surface area contributed by atoms with Crippen molar-refractivity contribution in [3.05, 3.63) is 56.1 Å². The average Bonchev–Trinajstić information content (AvgIpc) is 3.26. The Morgan fingerprint density at radius 1 is 1.29 bits per heavy atom. The Morgan fingerprint density at radius 3 is 2.96 bits per heavy atom. The van der Waals surface area contributed by atoms with E-state index in [-0.39, 0.29) is 18.0 Å². The predicted octanol–water partition coefficient (Wildman–Crippen LogP) is 2.40. The molecule has 4 heterocycles. The van der Waals surface area contributed by atoms with Crippen LogP contribution in [0, 0.1) is 6.92 Å². The number of fused-ring (bicyclic) bond motifs is 3. The van der Waals surface area contributed by atoms with Gasteiger partial charge in [-0.15, -0.1) is 22.7 Å². The molecule has 0 saturated carbocycles. The third-order valence-electron chi connectivity index (χ3n) is 3.79. The highest BCUT2D eigenvalue weighted by molar-refractivity contribution is 7.16. The zero-order chi connectivity index (χ0) is 16.7. The Kier molecular flexibility index (Phi) is 3.70. The van der Waals surface area contributed by atoms with Crippen molar-refractivity contribution < 1.29 is 4.79 Å². The van der Waals surface area contributed by atoms with Gasteiger partial charge < -0.3 is 5.32 Å². The van der Waals surface area contributed by atoms with Gasteiger partial charge in [0, 0.05) is 10.3 Å². The summed E-state index contributed by atoms with van der Waals surface area (Å²) in [5, 5.41) is 12.1. The molecule has 0 aliphatic rings. The van der Waals surface area contributed by atoms with Gasteiger partial charge in [-0.2, -0.15) is 5.10 Å². The van der Waals surface area contributed by atoms with Crippen LogP contribution in [-0.4, -0.2) is 20.1 Å². The monoisotopic (exact) mass is 358 g/mol. The fraction of sp³-hybridized carbons (Fsp3) is 0.188. The molecular formula is C16H14N4O2S2. The first kappa shape index (κ1) is 15.1.